The minimum Gasteiger partial charge on any atom is -0.304 e. The van der Waals surface area contributed by atoms with Crippen LogP contribution in [0.3, 0.4) is 0 Å². The second-order valence-corrected chi connectivity index (χ2v) is 4.70. The molecule has 0 saturated carbocycles. The number of rotatable bonds is 1. The van der Waals surface area contributed by atoms with Gasteiger partial charge < -0.3 is 4.90 Å². The molecule has 1 unspecified atom stereocenters. The molecule has 2 saturated heterocycles. The quantitative estimate of drug-likeness (QED) is 0.615. The van der Waals surface area contributed by atoms with Crippen LogP contribution in [0.15, 0.2) is 0 Å². The Balaban J connectivity index is 1.80. The molecule has 12 heavy (non-hydrogen) atoms. The Labute approximate surface area is 78.5 Å². The lowest BCUT2D eigenvalue weighted by Gasteiger charge is -2.35. The molecule has 2 aliphatic heterocycles. The molecule has 0 amide bonds. The first kappa shape index (κ1) is 8.81. The molecule has 4 heteroatoms. The first-order valence-corrected chi connectivity index (χ1v) is 5.69. The Hall–Kier alpha value is 0.230. The Kier molecular flexibility index (Phi) is 2.91. The van der Waals surface area contributed by atoms with Gasteiger partial charge in [0.1, 0.15) is 5.50 Å². The van der Waals surface area contributed by atoms with E-state index in [2.05, 4.69) is 22.2 Å². The summed E-state index contributed by atoms with van der Waals surface area (Å²) in [6, 6.07) is 0. The topological polar surface area (TPSA) is 18.5 Å². The molecule has 70 valence electrons. The van der Waals surface area contributed by atoms with Crippen molar-refractivity contribution in [3.05, 3.63) is 0 Å². The van der Waals surface area contributed by atoms with E-state index in [9.17, 15) is 0 Å². The van der Waals surface area contributed by atoms with Gasteiger partial charge in [0.05, 0.1) is 0 Å². The van der Waals surface area contributed by atoms with Crippen LogP contribution in [0.4, 0.5) is 0 Å². The predicted octanol–water partition coefficient (Wildman–Crippen LogP) is -0.146. The van der Waals surface area contributed by atoms with Crippen LogP contribution in [-0.2, 0) is 0 Å². The normalized spacial score (nSPS) is 34.2. The molecule has 1 atom stereocenters. The highest BCUT2D eigenvalue weighted by atomic mass is 32.2. The van der Waals surface area contributed by atoms with Crippen LogP contribution < -0.4 is 5.32 Å². The molecule has 0 radical (unpaired) electrons. The molecule has 0 aromatic heterocycles. The van der Waals surface area contributed by atoms with Crippen molar-refractivity contribution >= 4 is 11.8 Å². The summed E-state index contributed by atoms with van der Waals surface area (Å²) in [5.41, 5.74) is 0.610. The second-order valence-electron chi connectivity index (χ2n) is 3.52. The molecule has 0 bridgehead atoms. The van der Waals surface area contributed by atoms with Gasteiger partial charge in [-0.15, -0.1) is 11.8 Å². The molecular weight excluding hydrogens is 170 g/mol. The molecule has 0 aromatic rings. The molecular formula is C8H17N3S. The van der Waals surface area contributed by atoms with Crippen molar-refractivity contribution in [3.63, 3.8) is 0 Å². The number of nitrogens with one attached hydrogen (secondary N) is 1. The van der Waals surface area contributed by atoms with Gasteiger partial charge in [-0.25, -0.2) is 0 Å². The van der Waals surface area contributed by atoms with Gasteiger partial charge >= 0.3 is 0 Å². The van der Waals surface area contributed by atoms with E-state index in [-0.39, 0.29) is 0 Å². The fourth-order valence-electron chi connectivity index (χ4n) is 1.70. The maximum atomic E-state index is 3.51. The van der Waals surface area contributed by atoms with Crippen molar-refractivity contribution in [2.24, 2.45) is 0 Å². The average molecular weight is 187 g/mol. The van der Waals surface area contributed by atoms with Crippen molar-refractivity contribution in [1.82, 2.24) is 15.1 Å². The van der Waals surface area contributed by atoms with Crippen molar-refractivity contribution in [1.29, 1.82) is 0 Å². The van der Waals surface area contributed by atoms with Gasteiger partial charge in [-0.3, -0.25) is 10.2 Å². The van der Waals surface area contributed by atoms with E-state index in [0.717, 1.165) is 0 Å². The summed E-state index contributed by atoms with van der Waals surface area (Å²) >= 11 is 2.05. The highest BCUT2D eigenvalue weighted by Gasteiger charge is 2.24. The summed E-state index contributed by atoms with van der Waals surface area (Å²) in [6.45, 7) is 6.07. The first-order valence-electron chi connectivity index (χ1n) is 4.64. The van der Waals surface area contributed by atoms with Gasteiger partial charge in [0, 0.05) is 38.5 Å². The lowest BCUT2D eigenvalue weighted by Crippen LogP contribution is -2.50. The number of nitrogens with zero attached hydrogens (tertiary/aromatic N) is 2. The number of hydrogen-bond acceptors (Lipinski definition) is 4. The average Bonchev–Trinajstić information content (AvgIpc) is 2.58. The van der Waals surface area contributed by atoms with E-state index in [0.29, 0.717) is 5.50 Å². The second kappa shape index (κ2) is 3.96. The van der Waals surface area contributed by atoms with Crippen LogP contribution in [0, 0.1) is 0 Å². The maximum absolute atomic E-state index is 3.51. The minimum absolute atomic E-state index is 0.610. The third-order valence-electron chi connectivity index (χ3n) is 2.57. The highest BCUT2D eigenvalue weighted by molar-refractivity contribution is 8.00. The fourth-order valence-corrected chi connectivity index (χ4v) is 2.82. The molecule has 2 heterocycles. The largest absolute Gasteiger partial charge is 0.304 e. The Morgan fingerprint density at radius 2 is 2.00 bits per heavy atom. The SMILES string of the molecule is CN1CCN(C2NCCS2)CC1. The molecule has 0 spiro atoms. The monoisotopic (exact) mass is 187 g/mol. The Morgan fingerprint density at radius 3 is 2.58 bits per heavy atom. The van der Waals surface area contributed by atoms with Crippen molar-refractivity contribution in [3.8, 4) is 0 Å². The van der Waals surface area contributed by atoms with Gasteiger partial charge in [-0.05, 0) is 7.05 Å². The number of hydrogen-bond donors (Lipinski definition) is 1. The minimum atomic E-state index is 0.610. The van der Waals surface area contributed by atoms with Crippen molar-refractivity contribution < 1.29 is 0 Å². The van der Waals surface area contributed by atoms with Gasteiger partial charge in [0.2, 0.25) is 0 Å². The lowest BCUT2D eigenvalue weighted by atomic mass is 10.3. The van der Waals surface area contributed by atoms with Gasteiger partial charge in [-0.2, -0.15) is 0 Å². The smallest absolute Gasteiger partial charge is 0.108 e. The van der Waals surface area contributed by atoms with E-state index >= 15 is 0 Å². The summed E-state index contributed by atoms with van der Waals surface area (Å²) in [4.78, 5) is 4.95. The van der Waals surface area contributed by atoms with E-state index < -0.39 is 0 Å². The highest BCUT2D eigenvalue weighted by Crippen LogP contribution is 2.18. The molecule has 0 aromatic carbocycles. The van der Waals surface area contributed by atoms with E-state index in [1.54, 1.807) is 0 Å². The summed E-state index contributed by atoms with van der Waals surface area (Å²) in [5, 5.41) is 3.51. The number of likely N-dealkylation sites (N-methyl/N-ethyl adjacent to an activating group) is 1. The molecule has 0 aliphatic carbocycles. The molecule has 3 nitrogen and oxygen atoms in total. The van der Waals surface area contributed by atoms with Crippen molar-refractivity contribution in [2.45, 2.75) is 5.50 Å². The first-order chi connectivity index (χ1) is 5.86. The van der Waals surface area contributed by atoms with Crippen LogP contribution in [0.5, 0.6) is 0 Å². The summed E-state index contributed by atoms with van der Waals surface area (Å²) in [6.07, 6.45) is 0. The molecule has 2 fully saturated rings. The molecule has 1 N–H and O–H groups in total. The van der Waals surface area contributed by atoms with Crippen LogP contribution in [-0.4, -0.2) is 60.8 Å². The number of piperazine rings is 1. The van der Waals surface area contributed by atoms with Gasteiger partial charge in [0.25, 0.3) is 0 Å². The van der Waals surface area contributed by atoms with E-state index in [1.165, 1.54) is 38.5 Å². The van der Waals surface area contributed by atoms with Crippen LogP contribution in [0.25, 0.3) is 0 Å². The zero-order chi connectivity index (χ0) is 8.39. The predicted molar refractivity (Wildman–Crippen MR) is 53.3 cm³/mol. The van der Waals surface area contributed by atoms with Crippen LogP contribution in [0.1, 0.15) is 0 Å². The summed E-state index contributed by atoms with van der Waals surface area (Å²) in [5.74, 6) is 1.27. The van der Waals surface area contributed by atoms with Gasteiger partial charge in [-0.1, -0.05) is 0 Å². The Morgan fingerprint density at radius 1 is 1.25 bits per heavy atom. The molecule has 2 aliphatic rings. The third-order valence-corrected chi connectivity index (χ3v) is 3.79. The lowest BCUT2D eigenvalue weighted by molar-refractivity contribution is 0.135. The summed E-state index contributed by atoms with van der Waals surface area (Å²) in [7, 11) is 2.20. The fraction of sp³-hybridized carbons (Fsp3) is 1.00. The van der Waals surface area contributed by atoms with E-state index in [4.69, 9.17) is 0 Å². The zero-order valence-electron chi connectivity index (χ0n) is 7.62. The van der Waals surface area contributed by atoms with Gasteiger partial charge in [0.15, 0.2) is 0 Å². The van der Waals surface area contributed by atoms with Crippen molar-refractivity contribution in [2.75, 3.05) is 45.5 Å². The maximum Gasteiger partial charge on any atom is 0.108 e. The molecule has 2 rings (SSSR count). The zero-order valence-corrected chi connectivity index (χ0v) is 8.44. The van der Waals surface area contributed by atoms with E-state index in [1.807, 2.05) is 11.8 Å². The Bertz CT molecular complexity index is 139. The van der Waals surface area contributed by atoms with Crippen LogP contribution in [0.2, 0.25) is 0 Å². The third kappa shape index (κ3) is 1.93. The number of thioether (sulfide) groups is 1. The standard InChI is InChI=1S/C8H17N3S/c1-10-3-5-11(6-4-10)8-9-2-7-12-8/h8-9H,2-7H2,1H3. The van der Waals surface area contributed by atoms with Crippen LogP contribution >= 0.6 is 11.8 Å². The summed E-state index contributed by atoms with van der Waals surface area (Å²) < 4.78 is 0.